The first kappa shape index (κ1) is 25.5. The molecule has 1 N–H and O–H groups in total. The molecule has 4 rings (SSSR count). The molecule has 0 fully saturated rings. The second-order valence-electron chi connectivity index (χ2n) is 8.67. The number of nitrogens with one attached hydrogen (secondary N) is 1. The number of benzene rings is 2. The van der Waals surface area contributed by atoms with E-state index in [-0.39, 0.29) is 17.9 Å². The number of aromatic nitrogens is 3. The van der Waals surface area contributed by atoms with Gasteiger partial charge in [0.05, 0.1) is 29.1 Å². The van der Waals surface area contributed by atoms with Crippen molar-refractivity contribution in [3.8, 4) is 0 Å². The van der Waals surface area contributed by atoms with Crippen LogP contribution in [0.5, 0.6) is 0 Å². The monoisotopic (exact) mass is 506 g/mol. The predicted octanol–water partition coefficient (Wildman–Crippen LogP) is 4.04. The summed E-state index contributed by atoms with van der Waals surface area (Å²) in [4.78, 5) is 24.6. The lowest BCUT2D eigenvalue weighted by Crippen LogP contribution is -2.40. The van der Waals surface area contributed by atoms with Crippen LogP contribution < -0.4 is 0 Å². The van der Waals surface area contributed by atoms with Gasteiger partial charge in [-0.15, -0.1) is 0 Å². The molecule has 2 heterocycles. The van der Waals surface area contributed by atoms with E-state index in [1.807, 2.05) is 43.3 Å². The Kier molecular flexibility index (Phi) is 7.81. The van der Waals surface area contributed by atoms with Gasteiger partial charge in [-0.2, -0.15) is 4.31 Å². The molecule has 0 aliphatic rings. The second kappa shape index (κ2) is 11.0. The van der Waals surface area contributed by atoms with Crippen molar-refractivity contribution < 1.29 is 17.9 Å². The number of nitrogens with zero attached hydrogens (tertiary/aromatic N) is 3. The summed E-state index contributed by atoms with van der Waals surface area (Å²) < 4.78 is 33.4. The number of hydrogen-bond acceptors (Lipinski definition) is 6. The van der Waals surface area contributed by atoms with Crippen LogP contribution in [-0.2, 0) is 32.4 Å². The number of imidazole rings is 1. The average molecular weight is 507 g/mol. The molecule has 0 spiro atoms. The van der Waals surface area contributed by atoms with Crippen LogP contribution in [0.3, 0.4) is 0 Å². The van der Waals surface area contributed by atoms with Gasteiger partial charge < -0.3 is 9.72 Å². The number of fused-ring (bicyclic) bond motifs is 1. The summed E-state index contributed by atoms with van der Waals surface area (Å²) >= 11 is 0. The third-order valence-corrected chi connectivity index (χ3v) is 8.03. The van der Waals surface area contributed by atoms with Crippen LogP contribution in [0.15, 0.2) is 71.8 Å². The van der Waals surface area contributed by atoms with Crippen LogP contribution in [-0.4, -0.2) is 53.3 Å². The summed E-state index contributed by atoms with van der Waals surface area (Å²) in [6.45, 7) is 3.87. The Bertz CT molecular complexity index is 1430. The number of hydrogen-bond donors (Lipinski definition) is 1. The summed E-state index contributed by atoms with van der Waals surface area (Å²) in [5.41, 5.74) is 4.42. The van der Waals surface area contributed by atoms with E-state index in [1.165, 1.54) is 11.4 Å². The highest BCUT2D eigenvalue weighted by molar-refractivity contribution is 7.89. The van der Waals surface area contributed by atoms with Crippen LogP contribution in [0.1, 0.15) is 36.0 Å². The number of aromatic amines is 1. The van der Waals surface area contributed by atoms with Crippen LogP contribution in [0.2, 0.25) is 0 Å². The number of esters is 1. The third-order valence-electron chi connectivity index (χ3n) is 6.10. The van der Waals surface area contributed by atoms with Gasteiger partial charge in [0.1, 0.15) is 11.3 Å². The summed E-state index contributed by atoms with van der Waals surface area (Å²) in [6, 6.07) is 17.6. The van der Waals surface area contributed by atoms with E-state index >= 15 is 0 Å². The van der Waals surface area contributed by atoms with E-state index in [1.54, 1.807) is 37.4 Å². The Morgan fingerprint density at radius 3 is 2.47 bits per heavy atom. The highest BCUT2D eigenvalue weighted by Gasteiger charge is 2.30. The van der Waals surface area contributed by atoms with E-state index in [0.29, 0.717) is 12.8 Å². The molecule has 8 nitrogen and oxygen atoms in total. The van der Waals surface area contributed by atoms with Crippen molar-refractivity contribution in [3.05, 3.63) is 89.5 Å². The van der Waals surface area contributed by atoms with Crippen molar-refractivity contribution in [2.45, 2.75) is 44.0 Å². The van der Waals surface area contributed by atoms with Crippen molar-refractivity contribution in [2.24, 2.45) is 0 Å². The Morgan fingerprint density at radius 1 is 1.06 bits per heavy atom. The SMILES string of the molecule is CCOC(=O)CC(Cc1ccccc1)N(C)S(=O)(=O)c1ccc(Cc2nccc3[nH]c(C)nc23)cc1. The molecular weight excluding hydrogens is 476 g/mol. The summed E-state index contributed by atoms with van der Waals surface area (Å²) in [7, 11) is -2.33. The first-order valence-corrected chi connectivity index (χ1v) is 13.3. The Balaban J connectivity index is 1.55. The number of carbonyl (C=O) groups excluding carboxylic acids is 1. The zero-order chi connectivity index (χ0) is 25.7. The van der Waals surface area contributed by atoms with Crippen LogP contribution in [0.4, 0.5) is 0 Å². The third kappa shape index (κ3) is 5.80. The summed E-state index contributed by atoms with van der Waals surface area (Å²) in [5.74, 6) is 0.391. The Hall–Kier alpha value is -3.56. The number of carbonyl (C=O) groups is 1. The zero-order valence-corrected chi connectivity index (χ0v) is 21.5. The smallest absolute Gasteiger partial charge is 0.307 e. The molecule has 0 saturated heterocycles. The normalized spacial score (nSPS) is 12.7. The maximum Gasteiger partial charge on any atom is 0.307 e. The van der Waals surface area contributed by atoms with Crippen molar-refractivity contribution in [1.29, 1.82) is 0 Å². The lowest BCUT2D eigenvalue weighted by Gasteiger charge is -2.27. The standard InChI is InChI=1S/C27H30N4O4S/c1-4-35-26(32)18-22(16-20-8-6-5-7-9-20)31(3)36(33,34)23-12-10-21(11-13-23)17-25-27-24(14-15-28-25)29-19(2)30-27/h5-15,22H,4,16-18H2,1-3H3,(H,29,30). The zero-order valence-electron chi connectivity index (χ0n) is 20.6. The van der Waals surface area contributed by atoms with Crippen molar-refractivity contribution in [1.82, 2.24) is 19.3 Å². The lowest BCUT2D eigenvalue weighted by atomic mass is 10.0. The Labute approximate surface area is 211 Å². The highest BCUT2D eigenvalue weighted by atomic mass is 32.2. The number of likely N-dealkylation sites (N-methyl/N-ethyl adjacent to an activating group) is 1. The molecule has 1 atom stereocenters. The predicted molar refractivity (Wildman–Crippen MR) is 138 cm³/mol. The summed E-state index contributed by atoms with van der Waals surface area (Å²) in [5, 5.41) is 0. The molecule has 4 aromatic rings. The minimum atomic E-state index is -3.85. The number of rotatable bonds is 10. The van der Waals surface area contributed by atoms with E-state index in [4.69, 9.17) is 4.74 Å². The van der Waals surface area contributed by atoms with Crippen LogP contribution >= 0.6 is 0 Å². The molecule has 0 saturated carbocycles. The number of sulfonamides is 1. The minimum Gasteiger partial charge on any atom is -0.466 e. The quantitative estimate of drug-likeness (QED) is 0.326. The molecule has 2 aromatic carbocycles. The number of H-pyrrole nitrogens is 1. The van der Waals surface area contributed by atoms with Gasteiger partial charge in [0.25, 0.3) is 0 Å². The van der Waals surface area contributed by atoms with Gasteiger partial charge in [-0.3, -0.25) is 9.78 Å². The van der Waals surface area contributed by atoms with E-state index in [9.17, 15) is 13.2 Å². The van der Waals surface area contributed by atoms with E-state index < -0.39 is 22.0 Å². The first-order chi connectivity index (χ1) is 17.3. The molecule has 188 valence electrons. The van der Waals surface area contributed by atoms with Gasteiger partial charge in [0.15, 0.2) is 0 Å². The lowest BCUT2D eigenvalue weighted by molar-refractivity contribution is -0.144. The van der Waals surface area contributed by atoms with E-state index in [0.717, 1.165) is 33.7 Å². The number of aryl methyl sites for hydroxylation is 1. The fourth-order valence-corrected chi connectivity index (χ4v) is 5.56. The highest BCUT2D eigenvalue weighted by Crippen LogP contribution is 2.23. The van der Waals surface area contributed by atoms with E-state index in [2.05, 4.69) is 15.0 Å². The molecule has 0 aliphatic heterocycles. The van der Waals surface area contributed by atoms with Crippen molar-refractivity contribution >= 4 is 27.0 Å². The van der Waals surface area contributed by atoms with Gasteiger partial charge in [0.2, 0.25) is 10.0 Å². The van der Waals surface area contributed by atoms with Crippen molar-refractivity contribution in [3.63, 3.8) is 0 Å². The topological polar surface area (TPSA) is 105 Å². The molecule has 0 amide bonds. The molecule has 0 radical (unpaired) electrons. The van der Waals surface area contributed by atoms with Crippen molar-refractivity contribution in [2.75, 3.05) is 13.7 Å². The van der Waals surface area contributed by atoms with Gasteiger partial charge >= 0.3 is 5.97 Å². The van der Waals surface area contributed by atoms with Gasteiger partial charge in [-0.1, -0.05) is 42.5 Å². The number of pyridine rings is 1. The maximum absolute atomic E-state index is 13.5. The molecular formula is C27H30N4O4S. The fraction of sp³-hybridized carbons (Fsp3) is 0.296. The number of ether oxygens (including phenoxy) is 1. The molecule has 36 heavy (non-hydrogen) atoms. The average Bonchev–Trinajstić information content (AvgIpc) is 3.25. The van der Waals surface area contributed by atoms with Crippen LogP contribution in [0, 0.1) is 6.92 Å². The van der Waals surface area contributed by atoms with Gasteiger partial charge in [-0.05, 0) is 49.6 Å². The molecule has 9 heteroatoms. The molecule has 0 bridgehead atoms. The first-order valence-electron chi connectivity index (χ1n) is 11.8. The molecule has 2 aromatic heterocycles. The van der Waals surface area contributed by atoms with Gasteiger partial charge in [0, 0.05) is 25.7 Å². The second-order valence-corrected chi connectivity index (χ2v) is 10.7. The van der Waals surface area contributed by atoms with Gasteiger partial charge in [-0.25, -0.2) is 13.4 Å². The maximum atomic E-state index is 13.5. The largest absolute Gasteiger partial charge is 0.466 e. The molecule has 1 unspecified atom stereocenters. The molecule has 0 aliphatic carbocycles. The Morgan fingerprint density at radius 2 is 1.78 bits per heavy atom. The minimum absolute atomic E-state index is 0.0324. The fourth-order valence-electron chi connectivity index (χ4n) is 4.21. The summed E-state index contributed by atoms with van der Waals surface area (Å²) in [6.07, 6.45) is 2.62. The van der Waals surface area contributed by atoms with Crippen LogP contribution in [0.25, 0.3) is 11.0 Å².